The Kier molecular flexibility index (Phi) is 8.47. The monoisotopic (exact) mass is 460 g/mol. The van der Waals surface area contributed by atoms with Gasteiger partial charge in [-0.25, -0.2) is 19.0 Å². The van der Waals surface area contributed by atoms with Crippen molar-refractivity contribution in [2.45, 2.75) is 58.7 Å². The maximum Gasteiger partial charge on any atom is 0.416 e. The quantitative estimate of drug-likeness (QED) is 0.394. The number of amides is 2. The summed E-state index contributed by atoms with van der Waals surface area (Å²) in [5.41, 5.74) is 0.159. The Morgan fingerprint density at radius 3 is 2.61 bits per heavy atom. The molecule has 10 heteroatoms. The number of methoxy groups -OCH3 is 1. The van der Waals surface area contributed by atoms with Crippen molar-refractivity contribution in [1.29, 1.82) is 0 Å². The average Bonchev–Trinajstić information content (AvgIpc) is 2.97. The number of carbonyl (C=O) groups is 3. The summed E-state index contributed by atoms with van der Waals surface area (Å²) in [5.74, 6) is -0.477. The van der Waals surface area contributed by atoms with Crippen molar-refractivity contribution in [3.05, 3.63) is 18.2 Å². The van der Waals surface area contributed by atoms with E-state index in [-0.39, 0.29) is 36.1 Å². The minimum atomic E-state index is -0.722. The van der Waals surface area contributed by atoms with E-state index in [4.69, 9.17) is 9.47 Å². The molecule has 0 aromatic carbocycles. The molecule has 0 fully saturated rings. The molecule has 1 aromatic heterocycles. The number of hydrogen-bond donors (Lipinski definition) is 1. The van der Waals surface area contributed by atoms with Gasteiger partial charge in [-0.2, -0.15) is 0 Å². The van der Waals surface area contributed by atoms with Crippen LogP contribution in [0.2, 0.25) is 0 Å². The van der Waals surface area contributed by atoms with E-state index in [2.05, 4.69) is 12.2 Å². The summed E-state index contributed by atoms with van der Waals surface area (Å²) in [4.78, 5) is 38.3. The Morgan fingerprint density at radius 2 is 2.04 bits per heavy atom. The zero-order chi connectivity index (χ0) is 20.2. The minimum absolute atomic E-state index is 0. The molecule has 0 saturated carbocycles. The second kappa shape index (κ2) is 9.90. The van der Waals surface area contributed by atoms with Gasteiger partial charge < -0.3 is 31.8 Å². The summed E-state index contributed by atoms with van der Waals surface area (Å²) in [6, 6.07) is -1.03. The second-order valence-electron chi connectivity index (χ2n) is 7.49. The first-order valence-corrected chi connectivity index (χ1v) is 9.12. The third-order valence-corrected chi connectivity index (χ3v) is 4.09. The van der Waals surface area contributed by atoms with Gasteiger partial charge in [0.2, 0.25) is 0 Å². The number of rotatable bonds is 6. The first-order valence-electron chi connectivity index (χ1n) is 9.12. The highest BCUT2D eigenvalue weighted by Crippen LogP contribution is 2.18. The Labute approximate surface area is 175 Å². The van der Waals surface area contributed by atoms with E-state index in [1.54, 1.807) is 31.7 Å². The SMILES string of the molecule is CCC[n+]1cc2n(c1)C(=O)N(CCNC(=O)OC(C)(C)C)[C@H](C(=O)OC)C2.[Br-]. The molecule has 1 aliphatic heterocycles. The lowest BCUT2D eigenvalue weighted by Crippen LogP contribution is -3.00. The van der Waals surface area contributed by atoms with Crippen LogP contribution in [0, 0.1) is 0 Å². The van der Waals surface area contributed by atoms with Crippen molar-refractivity contribution in [3.8, 4) is 0 Å². The first kappa shape index (κ1) is 23.9. The van der Waals surface area contributed by atoms with Crippen LogP contribution in [0.5, 0.6) is 0 Å². The lowest BCUT2D eigenvalue weighted by molar-refractivity contribution is -0.696. The number of aryl methyl sites for hydroxylation is 1. The summed E-state index contributed by atoms with van der Waals surface area (Å²) in [6.45, 7) is 8.49. The number of fused-ring (bicyclic) bond motifs is 1. The molecule has 0 saturated heterocycles. The normalized spacial score (nSPS) is 16.1. The van der Waals surface area contributed by atoms with E-state index < -0.39 is 23.7 Å². The van der Waals surface area contributed by atoms with Gasteiger partial charge in [0, 0.05) is 19.5 Å². The van der Waals surface area contributed by atoms with Crippen molar-refractivity contribution in [2.75, 3.05) is 20.2 Å². The standard InChI is InChI=1S/C18H28N4O5.BrH/c1-6-8-20-11-13-10-14(15(23)26-5)21(17(25)22(13)12-20)9-7-19-16(24)27-18(2,3)4;/h11-12,14H,6-10H2,1-5H3;1H/t14-;/m0./s1. The van der Waals surface area contributed by atoms with Gasteiger partial charge >= 0.3 is 18.1 Å². The average molecular weight is 461 g/mol. The van der Waals surface area contributed by atoms with Crippen LogP contribution in [0.1, 0.15) is 39.8 Å². The number of carbonyl (C=O) groups excluding carboxylic acids is 3. The van der Waals surface area contributed by atoms with Crippen LogP contribution in [0.25, 0.3) is 0 Å². The Bertz CT molecular complexity index is 713. The molecule has 158 valence electrons. The Hall–Kier alpha value is -2.10. The molecule has 0 bridgehead atoms. The fraction of sp³-hybridized carbons (Fsp3) is 0.667. The maximum atomic E-state index is 12.9. The molecule has 1 atom stereocenters. The van der Waals surface area contributed by atoms with Crippen LogP contribution in [-0.4, -0.2) is 59.4 Å². The van der Waals surface area contributed by atoms with Crippen molar-refractivity contribution >= 4 is 18.1 Å². The van der Waals surface area contributed by atoms with Crippen molar-refractivity contribution in [2.24, 2.45) is 0 Å². The molecule has 1 aliphatic rings. The number of aromatic nitrogens is 2. The molecule has 0 spiro atoms. The molecule has 1 N–H and O–H groups in total. The first-order chi connectivity index (χ1) is 12.7. The van der Waals surface area contributed by atoms with E-state index in [0.29, 0.717) is 6.42 Å². The van der Waals surface area contributed by atoms with Crippen LogP contribution >= 0.6 is 0 Å². The number of ether oxygens (including phenoxy) is 2. The van der Waals surface area contributed by atoms with E-state index in [9.17, 15) is 14.4 Å². The van der Waals surface area contributed by atoms with Gasteiger partial charge in [-0.15, -0.1) is 4.57 Å². The third-order valence-electron chi connectivity index (χ3n) is 4.09. The molecule has 9 nitrogen and oxygen atoms in total. The van der Waals surface area contributed by atoms with Gasteiger partial charge in [0.15, 0.2) is 5.69 Å². The number of halogens is 1. The van der Waals surface area contributed by atoms with E-state index in [1.165, 1.54) is 12.0 Å². The fourth-order valence-electron chi connectivity index (χ4n) is 2.98. The molecule has 1 aromatic rings. The number of nitrogens with zero attached hydrogens (tertiary/aromatic N) is 3. The number of nitrogens with one attached hydrogen (secondary N) is 1. The number of hydrogen-bond acceptors (Lipinski definition) is 5. The predicted molar refractivity (Wildman–Crippen MR) is 96.2 cm³/mol. The molecule has 2 heterocycles. The number of imidazole rings is 1. The molecular formula is C18H29BrN4O5. The zero-order valence-corrected chi connectivity index (χ0v) is 18.6. The Morgan fingerprint density at radius 1 is 1.36 bits per heavy atom. The van der Waals surface area contributed by atoms with Crippen LogP contribution in [-0.2, 0) is 27.2 Å². The van der Waals surface area contributed by atoms with Crippen molar-refractivity contribution < 1.29 is 45.4 Å². The minimum Gasteiger partial charge on any atom is -1.00 e. The van der Waals surface area contributed by atoms with E-state index in [1.807, 2.05) is 10.8 Å². The highest BCUT2D eigenvalue weighted by molar-refractivity contribution is 5.87. The number of alkyl carbamates (subject to hydrolysis) is 1. The lowest BCUT2D eigenvalue weighted by Gasteiger charge is -2.31. The molecular weight excluding hydrogens is 432 g/mol. The molecule has 0 unspecified atom stereocenters. The summed E-state index contributed by atoms with van der Waals surface area (Å²) in [6.07, 6.45) is 4.36. The lowest BCUT2D eigenvalue weighted by atomic mass is 10.1. The fourth-order valence-corrected chi connectivity index (χ4v) is 2.98. The topological polar surface area (TPSA) is 93.8 Å². The van der Waals surface area contributed by atoms with Crippen LogP contribution in [0.15, 0.2) is 12.5 Å². The van der Waals surface area contributed by atoms with Gasteiger partial charge in [-0.1, -0.05) is 6.92 Å². The van der Waals surface area contributed by atoms with Crippen molar-refractivity contribution in [3.63, 3.8) is 0 Å². The van der Waals surface area contributed by atoms with E-state index >= 15 is 0 Å². The molecule has 2 rings (SSSR count). The number of esters is 1. The van der Waals surface area contributed by atoms with Gasteiger partial charge in [0.25, 0.3) is 6.33 Å². The van der Waals surface area contributed by atoms with E-state index in [0.717, 1.165) is 18.7 Å². The molecule has 28 heavy (non-hydrogen) atoms. The van der Waals surface area contributed by atoms with Crippen LogP contribution in [0.3, 0.4) is 0 Å². The molecule has 0 aliphatic carbocycles. The van der Waals surface area contributed by atoms with Crippen LogP contribution < -0.4 is 26.9 Å². The summed E-state index contributed by atoms with van der Waals surface area (Å²) < 4.78 is 13.5. The highest BCUT2D eigenvalue weighted by atomic mass is 79.9. The van der Waals surface area contributed by atoms with Crippen molar-refractivity contribution in [1.82, 2.24) is 14.8 Å². The predicted octanol–water partition coefficient (Wildman–Crippen LogP) is -1.92. The van der Waals surface area contributed by atoms with Gasteiger partial charge in [0.1, 0.15) is 17.8 Å². The summed E-state index contributed by atoms with van der Waals surface area (Å²) in [5, 5.41) is 2.61. The molecule has 2 amide bonds. The summed E-state index contributed by atoms with van der Waals surface area (Å²) in [7, 11) is 1.30. The van der Waals surface area contributed by atoms with Gasteiger partial charge in [0.05, 0.1) is 13.7 Å². The third kappa shape index (κ3) is 5.95. The Balaban J connectivity index is 0.00000392. The molecule has 0 radical (unpaired) electrons. The van der Waals surface area contributed by atoms with Crippen LogP contribution in [0.4, 0.5) is 9.59 Å². The largest absolute Gasteiger partial charge is 1.00 e. The highest BCUT2D eigenvalue weighted by Gasteiger charge is 2.41. The summed E-state index contributed by atoms with van der Waals surface area (Å²) >= 11 is 0. The van der Waals surface area contributed by atoms with Gasteiger partial charge in [-0.05, 0) is 27.2 Å². The second-order valence-corrected chi connectivity index (χ2v) is 7.49. The smallest absolute Gasteiger partial charge is 0.416 e. The zero-order valence-electron chi connectivity index (χ0n) is 17.0. The maximum absolute atomic E-state index is 12.9. The van der Waals surface area contributed by atoms with Gasteiger partial charge in [-0.3, -0.25) is 4.90 Å².